The molecule has 0 aliphatic carbocycles. The zero-order valence-electron chi connectivity index (χ0n) is 12.1. The molecule has 1 unspecified atom stereocenters. The summed E-state index contributed by atoms with van der Waals surface area (Å²) >= 11 is 0. The average Bonchev–Trinajstić information content (AvgIpc) is 2.50. The average molecular weight is 284 g/mol. The van der Waals surface area contributed by atoms with Gasteiger partial charge in [-0.25, -0.2) is 4.39 Å². The molecule has 0 bridgehead atoms. The van der Waals surface area contributed by atoms with Gasteiger partial charge in [-0.15, -0.1) is 0 Å². The Morgan fingerprint density at radius 2 is 1.95 bits per heavy atom. The molecule has 2 aromatic rings. The lowest BCUT2D eigenvalue weighted by molar-refractivity contribution is 0.473. The molecule has 2 rings (SSSR count). The summed E-state index contributed by atoms with van der Waals surface area (Å²) in [6, 6.07) is 14.0. The smallest absolute Gasteiger partial charge is 0.148 e. The minimum atomic E-state index is -0.576. The van der Waals surface area contributed by atoms with Crippen LogP contribution < -0.4 is 10.1 Å². The summed E-state index contributed by atoms with van der Waals surface area (Å²) < 4.78 is 19.1. The summed E-state index contributed by atoms with van der Waals surface area (Å²) in [4.78, 5) is 0. The van der Waals surface area contributed by atoms with Crippen LogP contribution in [0.2, 0.25) is 0 Å². The summed E-state index contributed by atoms with van der Waals surface area (Å²) in [5.74, 6) is 0.227. The van der Waals surface area contributed by atoms with E-state index in [0.717, 1.165) is 12.0 Å². The molecule has 0 saturated carbocycles. The maximum absolute atomic E-state index is 13.5. The molecule has 0 saturated heterocycles. The second-order valence-electron chi connectivity index (χ2n) is 4.65. The normalized spacial score (nSPS) is 11.7. The van der Waals surface area contributed by atoms with Crippen LogP contribution in [-0.2, 0) is 0 Å². The van der Waals surface area contributed by atoms with Crippen LogP contribution in [0.25, 0.3) is 0 Å². The first-order valence-corrected chi connectivity index (χ1v) is 6.83. The van der Waals surface area contributed by atoms with Crippen molar-refractivity contribution in [3.63, 3.8) is 0 Å². The molecule has 0 spiro atoms. The molecule has 0 radical (unpaired) electrons. The van der Waals surface area contributed by atoms with Gasteiger partial charge >= 0.3 is 0 Å². The Morgan fingerprint density at radius 3 is 2.52 bits per heavy atom. The zero-order valence-corrected chi connectivity index (χ0v) is 12.1. The molecule has 0 amide bonds. The second-order valence-corrected chi connectivity index (χ2v) is 4.65. The van der Waals surface area contributed by atoms with Gasteiger partial charge in [-0.05, 0) is 43.3 Å². The molecule has 0 aromatic heterocycles. The second kappa shape index (κ2) is 6.87. The predicted molar refractivity (Wildman–Crippen MR) is 79.7 cm³/mol. The van der Waals surface area contributed by atoms with Gasteiger partial charge in [0.1, 0.15) is 28.9 Å². The maximum Gasteiger partial charge on any atom is 0.148 e. The quantitative estimate of drug-likeness (QED) is 0.896. The van der Waals surface area contributed by atoms with Crippen LogP contribution in [0.5, 0.6) is 11.5 Å². The van der Waals surface area contributed by atoms with Crippen molar-refractivity contribution in [3.05, 3.63) is 59.4 Å². The van der Waals surface area contributed by atoms with Crippen molar-refractivity contribution >= 4 is 0 Å². The summed E-state index contributed by atoms with van der Waals surface area (Å²) in [5.41, 5.74) is 1.08. The summed E-state index contributed by atoms with van der Waals surface area (Å²) in [6.07, 6.45) is 0.985. The standard InChI is InChI=1S/C17H17FN2O/c1-3-16(20-2)12-7-9-13(10-8-12)21-17-6-4-5-15(18)14(17)11-19/h4-10,16,20H,3H2,1-2H3. The van der Waals surface area contributed by atoms with Crippen molar-refractivity contribution < 1.29 is 9.13 Å². The monoisotopic (exact) mass is 284 g/mol. The molecule has 1 N–H and O–H groups in total. The van der Waals surface area contributed by atoms with Crippen molar-refractivity contribution in [3.8, 4) is 17.6 Å². The van der Waals surface area contributed by atoms with Gasteiger partial charge < -0.3 is 10.1 Å². The molecular formula is C17H17FN2O. The molecule has 108 valence electrons. The number of rotatable bonds is 5. The van der Waals surface area contributed by atoms with E-state index >= 15 is 0 Å². The van der Waals surface area contributed by atoms with Crippen LogP contribution in [0.15, 0.2) is 42.5 Å². The van der Waals surface area contributed by atoms with Gasteiger partial charge in [-0.1, -0.05) is 25.1 Å². The third-order valence-electron chi connectivity index (χ3n) is 3.35. The van der Waals surface area contributed by atoms with E-state index in [1.54, 1.807) is 6.07 Å². The van der Waals surface area contributed by atoms with Crippen LogP contribution >= 0.6 is 0 Å². The molecule has 0 fully saturated rings. The Labute approximate surface area is 124 Å². The number of ether oxygens (including phenoxy) is 1. The topological polar surface area (TPSA) is 45.0 Å². The minimum Gasteiger partial charge on any atom is -0.456 e. The van der Waals surface area contributed by atoms with Crippen LogP contribution in [-0.4, -0.2) is 7.05 Å². The number of nitrogens with zero attached hydrogens (tertiary/aromatic N) is 1. The zero-order chi connectivity index (χ0) is 15.2. The Kier molecular flexibility index (Phi) is 4.91. The fraction of sp³-hybridized carbons (Fsp3) is 0.235. The van der Waals surface area contributed by atoms with E-state index in [4.69, 9.17) is 10.00 Å². The third kappa shape index (κ3) is 3.39. The van der Waals surface area contributed by atoms with Crippen molar-refractivity contribution in [2.45, 2.75) is 19.4 Å². The highest BCUT2D eigenvalue weighted by molar-refractivity contribution is 5.46. The van der Waals surface area contributed by atoms with Gasteiger partial charge in [0.25, 0.3) is 0 Å². The van der Waals surface area contributed by atoms with Crippen molar-refractivity contribution in [2.24, 2.45) is 0 Å². The van der Waals surface area contributed by atoms with Crippen LogP contribution in [0.1, 0.15) is 30.5 Å². The van der Waals surface area contributed by atoms with Gasteiger partial charge in [0.05, 0.1) is 0 Å². The predicted octanol–water partition coefficient (Wildman–Crippen LogP) is 4.16. The summed E-state index contributed by atoms with van der Waals surface area (Å²) in [7, 11) is 1.92. The Bertz CT molecular complexity index is 643. The largest absolute Gasteiger partial charge is 0.456 e. The number of nitrogens with one attached hydrogen (secondary N) is 1. The summed E-state index contributed by atoms with van der Waals surface area (Å²) in [6.45, 7) is 2.11. The number of hydrogen-bond acceptors (Lipinski definition) is 3. The first-order valence-electron chi connectivity index (χ1n) is 6.83. The van der Waals surface area contributed by atoms with Gasteiger partial charge in [0.15, 0.2) is 0 Å². The third-order valence-corrected chi connectivity index (χ3v) is 3.35. The molecule has 0 heterocycles. The van der Waals surface area contributed by atoms with Gasteiger partial charge in [-0.2, -0.15) is 5.26 Å². The molecule has 4 heteroatoms. The summed E-state index contributed by atoms with van der Waals surface area (Å²) in [5, 5.41) is 12.2. The van der Waals surface area contributed by atoms with E-state index in [0.29, 0.717) is 11.8 Å². The van der Waals surface area contributed by atoms with E-state index in [9.17, 15) is 4.39 Å². The number of benzene rings is 2. The van der Waals surface area contributed by atoms with E-state index in [-0.39, 0.29) is 11.3 Å². The molecule has 0 aliphatic heterocycles. The molecule has 3 nitrogen and oxygen atoms in total. The Balaban J connectivity index is 2.22. The Morgan fingerprint density at radius 1 is 1.24 bits per heavy atom. The number of hydrogen-bond donors (Lipinski definition) is 1. The fourth-order valence-corrected chi connectivity index (χ4v) is 2.20. The number of nitriles is 1. The highest BCUT2D eigenvalue weighted by Gasteiger charge is 2.10. The SMILES string of the molecule is CCC(NC)c1ccc(Oc2cccc(F)c2C#N)cc1. The fourth-order valence-electron chi connectivity index (χ4n) is 2.20. The lowest BCUT2D eigenvalue weighted by Crippen LogP contribution is -2.14. The van der Waals surface area contributed by atoms with E-state index in [1.165, 1.54) is 12.1 Å². The molecule has 0 aliphatic rings. The molecular weight excluding hydrogens is 267 g/mol. The molecule has 1 atom stereocenters. The van der Waals surface area contributed by atoms with Crippen LogP contribution in [0, 0.1) is 17.1 Å². The lowest BCUT2D eigenvalue weighted by Gasteiger charge is -2.15. The first kappa shape index (κ1) is 15.0. The lowest BCUT2D eigenvalue weighted by atomic mass is 10.0. The van der Waals surface area contributed by atoms with Crippen molar-refractivity contribution in [1.29, 1.82) is 5.26 Å². The van der Waals surface area contributed by atoms with Crippen molar-refractivity contribution in [2.75, 3.05) is 7.05 Å². The highest BCUT2D eigenvalue weighted by atomic mass is 19.1. The minimum absolute atomic E-state index is 0.0803. The van der Waals surface area contributed by atoms with Crippen LogP contribution in [0.4, 0.5) is 4.39 Å². The van der Waals surface area contributed by atoms with E-state index < -0.39 is 5.82 Å². The van der Waals surface area contributed by atoms with E-state index in [1.807, 2.05) is 37.4 Å². The molecule has 21 heavy (non-hydrogen) atoms. The van der Waals surface area contributed by atoms with Crippen molar-refractivity contribution in [1.82, 2.24) is 5.32 Å². The number of halogens is 1. The van der Waals surface area contributed by atoms with Gasteiger partial charge in [0.2, 0.25) is 0 Å². The van der Waals surface area contributed by atoms with Crippen LogP contribution in [0.3, 0.4) is 0 Å². The van der Waals surface area contributed by atoms with E-state index in [2.05, 4.69) is 12.2 Å². The van der Waals surface area contributed by atoms with Gasteiger partial charge in [0, 0.05) is 6.04 Å². The Hall–Kier alpha value is -2.38. The molecule has 2 aromatic carbocycles. The first-order chi connectivity index (χ1) is 10.2. The van der Waals surface area contributed by atoms with Gasteiger partial charge in [-0.3, -0.25) is 0 Å². The highest BCUT2D eigenvalue weighted by Crippen LogP contribution is 2.28. The maximum atomic E-state index is 13.5.